The van der Waals surface area contributed by atoms with Gasteiger partial charge in [-0.15, -0.1) is 0 Å². The molecular formula is C45H34N5P. The highest BCUT2D eigenvalue weighted by molar-refractivity contribution is 7.70. The molecule has 2 heterocycles. The van der Waals surface area contributed by atoms with Crippen molar-refractivity contribution in [2.24, 2.45) is 0 Å². The summed E-state index contributed by atoms with van der Waals surface area (Å²) in [5.41, 5.74) is 9.97. The van der Waals surface area contributed by atoms with Gasteiger partial charge in [-0.3, -0.25) is 9.34 Å². The number of fused-ring (bicyclic) bond motifs is 1. The first-order valence-electron chi connectivity index (χ1n) is 17.3. The first-order valence-corrected chi connectivity index (χ1v) is 18.5. The van der Waals surface area contributed by atoms with Crippen LogP contribution in [0.4, 0.5) is 22.7 Å². The summed E-state index contributed by atoms with van der Waals surface area (Å²) in [7, 11) is -0.960. The molecular weight excluding hydrogens is 642 g/mol. The SMILES string of the molecule is C1=CC(c2nc(-c3ccccc3)nc(-c3ccc(-c4ccc5c(c4)N(c4ccccc4)P(c4ccccc4)N5c4ccccc4)cc3)n2)=CCC1. The Kier molecular flexibility index (Phi) is 8.25. The Morgan fingerprint density at radius 1 is 0.431 bits per heavy atom. The van der Waals surface area contributed by atoms with Gasteiger partial charge in [0.25, 0.3) is 0 Å². The minimum atomic E-state index is -0.960. The van der Waals surface area contributed by atoms with Crippen molar-refractivity contribution < 1.29 is 0 Å². The van der Waals surface area contributed by atoms with Crippen LogP contribution in [0.3, 0.4) is 0 Å². The van der Waals surface area contributed by atoms with Crippen molar-refractivity contribution in [1.29, 1.82) is 0 Å². The van der Waals surface area contributed by atoms with Gasteiger partial charge in [-0.2, -0.15) is 0 Å². The first-order chi connectivity index (χ1) is 25.3. The van der Waals surface area contributed by atoms with Gasteiger partial charge in [0.05, 0.1) is 11.4 Å². The lowest BCUT2D eigenvalue weighted by Gasteiger charge is -2.32. The Bertz CT molecular complexity index is 2360. The summed E-state index contributed by atoms with van der Waals surface area (Å²) in [6, 6.07) is 58.0. The molecule has 1 atom stereocenters. The number of benzene rings is 6. The van der Waals surface area contributed by atoms with Gasteiger partial charge in [0, 0.05) is 33.4 Å². The zero-order chi connectivity index (χ0) is 34.0. The molecule has 1 aromatic heterocycles. The molecule has 9 rings (SSSR count). The predicted octanol–water partition coefficient (Wildman–Crippen LogP) is 11.5. The standard InChI is InChI=1S/C45H34N5P/c1-6-16-34(17-7-1)43-46-44(35-18-8-2-9-19-35)48-45(47-43)36-28-26-33(27-29-36)37-30-31-41-42(32-37)50(39-22-12-4-13-23-39)51(40-24-14-5-15-25-40)49(41)38-20-10-3-11-21-38/h1,3-8,10-32H,2,9H2. The molecule has 0 spiro atoms. The molecule has 0 bridgehead atoms. The molecule has 0 radical (unpaired) electrons. The van der Waals surface area contributed by atoms with E-state index in [0.717, 1.165) is 40.7 Å². The third kappa shape index (κ3) is 6.03. The van der Waals surface area contributed by atoms with Crippen LogP contribution in [0.2, 0.25) is 0 Å². The normalized spacial score (nSPS) is 15.1. The number of hydrogen-bond acceptors (Lipinski definition) is 5. The van der Waals surface area contributed by atoms with E-state index in [2.05, 4.69) is 161 Å². The summed E-state index contributed by atoms with van der Waals surface area (Å²) < 4.78 is 5.04. The number of para-hydroxylation sites is 2. The quantitative estimate of drug-likeness (QED) is 0.157. The molecule has 0 amide bonds. The smallest absolute Gasteiger partial charge is 0.164 e. The van der Waals surface area contributed by atoms with Crippen molar-refractivity contribution in [3.63, 3.8) is 0 Å². The fraction of sp³-hybridized carbons (Fsp3) is 0.0444. The Hall–Kier alpha value is -6.16. The molecule has 5 nitrogen and oxygen atoms in total. The van der Waals surface area contributed by atoms with Crippen molar-refractivity contribution in [2.45, 2.75) is 12.8 Å². The Morgan fingerprint density at radius 3 is 1.55 bits per heavy atom. The highest BCUT2D eigenvalue weighted by atomic mass is 31.1. The summed E-state index contributed by atoms with van der Waals surface area (Å²) in [6.07, 6.45) is 8.55. The molecule has 0 fully saturated rings. The van der Waals surface area contributed by atoms with E-state index in [9.17, 15) is 0 Å². The van der Waals surface area contributed by atoms with Gasteiger partial charge >= 0.3 is 0 Å². The lowest BCUT2D eigenvalue weighted by Crippen LogP contribution is -2.21. The molecule has 244 valence electrons. The Balaban J connectivity index is 1.13. The number of hydrogen-bond donors (Lipinski definition) is 0. The molecule has 2 aliphatic rings. The van der Waals surface area contributed by atoms with Gasteiger partial charge in [0.2, 0.25) is 0 Å². The van der Waals surface area contributed by atoms with Crippen LogP contribution in [-0.4, -0.2) is 15.0 Å². The third-order valence-corrected chi connectivity index (χ3v) is 11.6. The maximum atomic E-state index is 4.97. The molecule has 7 aromatic rings. The van der Waals surface area contributed by atoms with E-state index in [1.807, 2.05) is 30.3 Å². The van der Waals surface area contributed by atoms with Crippen LogP contribution in [-0.2, 0) is 0 Å². The maximum Gasteiger partial charge on any atom is 0.164 e. The lowest BCUT2D eigenvalue weighted by atomic mass is 10.0. The third-order valence-electron chi connectivity index (χ3n) is 9.20. The van der Waals surface area contributed by atoms with Crippen LogP contribution in [0.15, 0.2) is 182 Å². The van der Waals surface area contributed by atoms with Gasteiger partial charge < -0.3 is 0 Å². The van der Waals surface area contributed by atoms with Crippen LogP contribution < -0.4 is 14.6 Å². The predicted molar refractivity (Wildman–Crippen MR) is 213 cm³/mol. The highest BCUT2D eigenvalue weighted by Gasteiger charge is 2.39. The monoisotopic (exact) mass is 675 g/mol. The van der Waals surface area contributed by atoms with E-state index in [1.54, 1.807) is 0 Å². The van der Waals surface area contributed by atoms with E-state index >= 15 is 0 Å². The summed E-state index contributed by atoms with van der Waals surface area (Å²) in [6.45, 7) is 0. The van der Waals surface area contributed by atoms with Crippen molar-refractivity contribution in [3.05, 3.63) is 188 Å². The summed E-state index contributed by atoms with van der Waals surface area (Å²) >= 11 is 0. The zero-order valence-corrected chi connectivity index (χ0v) is 28.8. The topological polar surface area (TPSA) is 45.2 Å². The summed E-state index contributed by atoms with van der Waals surface area (Å²) in [5, 5.41) is 1.29. The largest absolute Gasteiger partial charge is 0.297 e. The fourth-order valence-electron chi connectivity index (χ4n) is 6.71. The van der Waals surface area contributed by atoms with E-state index in [4.69, 9.17) is 15.0 Å². The number of nitrogens with zero attached hydrogens (tertiary/aromatic N) is 5. The minimum Gasteiger partial charge on any atom is -0.297 e. The minimum absolute atomic E-state index is 0.668. The van der Waals surface area contributed by atoms with E-state index in [1.165, 1.54) is 28.1 Å². The van der Waals surface area contributed by atoms with Crippen LogP contribution in [0.1, 0.15) is 18.7 Å². The molecule has 0 N–H and O–H groups in total. The molecule has 0 saturated carbocycles. The van der Waals surface area contributed by atoms with Crippen molar-refractivity contribution >= 4 is 41.9 Å². The molecule has 6 heteroatoms. The molecule has 6 aromatic carbocycles. The molecule has 1 unspecified atom stereocenters. The summed E-state index contributed by atoms with van der Waals surface area (Å²) in [5.74, 6) is 2.05. The second-order valence-corrected chi connectivity index (χ2v) is 14.4. The van der Waals surface area contributed by atoms with Crippen LogP contribution in [0, 0.1) is 0 Å². The lowest BCUT2D eigenvalue weighted by molar-refractivity contribution is 1.01. The van der Waals surface area contributed by atoms with Gasteiger partial charge in [-0.05, 0) is 60.4 Å². The van der Waals surface area contributed by atoms with Crippen molar-refractivity contribution in [2.75, 3.05) is 9.34 Å². The number of anilines is 4. The van der Waals surface area contributed by atoms with E-state index in [-0.39, 0.29) is 0 Å². The summed E-state index contributed by atoms with van der Waals surface area (Å²) in [4.78, 5) is 14.8. The fourth-order valence-corrected chi connectivity index (χ4v) is 9.24. The maximum absolute atomic E-state index is 4.97. The Morgan fingerprint density at radius 2 is 0.941 bits per heavy atom. The second-order valence-electron chi connectivity index (χ2n) is 12.5. The van der Waals surface area contributed by atoms with Gasteiger partial charge in [0.1, 0.15) is 8.22 Å². The highest BCUT2D eigenvalue weighted by Crippen LogP contribution is 2.65. The van der Waals surface area contributed by atoms with Crippen molar-refractivity contribution in [3.8, 4) is 33.9 Å². The molecule has 1 aliphatic carbocycles. The molecule has 1 aliphatic heterocycles. The number of allylic oxidation sites excluding steroid dienone is 4. The first kappa shape index (κ1) is 30.9. The van der Waals surface area contributed by atoms with Crippen LogP contribution in [0.5, 0.6) is 0 Å². The zero-order valence-electron chi connectivity index (χ0n) is 27.9. The van der Waals surface area contributed by atoms with E-state index < -0.39 is 8.22 Å². The average Bonchev–Trinajstić information content (AvgIpc) is 3.57. The van der Waals surface area contributed by atoms with Gasteiger partial charge in [-0.1, -0.05) is 146 Å². The molecule has 51 heavy (non-hydrogen) atoms. The van der Waals surface area contributed by atoms with Crippen molar-refractivity contribution in [1.82, 2.24) is 15.0 Å². The molecule has 0 saturated heterocycles. The van der Waals surface area contributed by atoms with Crippen LogP contribution in [0.25, 0.3) is 39.5 Å². The Labute approximate surface area is 299 Å². The van der Waals surface area contributed by atoms with Gasteiger partial charge in [0.15, 0.2) is 17.5 Å². The van der Waals surface area contributed by atoms with Crippen LogP contribution >= 0.6 is 8.22 Å². The van der Waals surface area contributed by atoms with Gasteiger partial charge in [-0.25, -0.2) is 15.0 Å². The number of aromatic nitrogens is 3. The van der Waals surface area contributed by atoms with E-state index in [0.29, 0.717) is 17.5 Å². The second kappa shape index (κ2) is 13.6. The number of rotatable bonds is 7. The average molecular weight is 676 g/mol.